The second kappa shape index (κ2) is 8.57. The maximum atomic E-state index is 12.6. The number of nitrogens with one attached hydrogen (secondary N) is 2. The lowest BCUT2D eigenvalue weighted by Gasteiger charge is -2.24. The first-order chi connectivity index (χ1) is 14.5. The first-order valence-electron chi connectivity index (χ1n) is 10.3. The Hall–Kier alpha value is -3.34. The number of aromatic amines is 2. The van der Waals surface area contributed by atoms with E-state index in [1.54, 1.807) is 7.11 Å². The van der Waals surface area contributed by atoms with Gasteiger partial charge in [-0.2, -0.15) is 0 Å². The fourth-order valence-electron chi connectivity index (χ4n) is 4.26. The van der Waals surface area contributed by atoms with Gasteiger partial charge in [-0.1, -0.05) is 48.5 Å². The molecule has 2 aromatic carbocycles. The van der Waals surface area contributed by atoms with E-state index in [2.05, 4.69) is 41.2 Å². The van der Waals surface area contributed by atoms with Gasteiger partial charge in [0.1, 0.15) is 5.75 Å². The molecule has 1 aliphatic rings. The van der Waals surface area contributed by atoms with Crippen molar-refractivity contribution in [3.8, 4) is 5.75 Å². The molecule has 0 aliphatic heterocycles. The van der Waals surface area contributed by atoms with Crippen molar-refractivity contribution in [2.45, 2.75) is 38.5 Å². The molecule has 2 N–H and O–H groups in total. The number of benzene rings is 2. The minimum Gasteiger partial charge on any atom is -0.496 e. The number of ether oxygens (including phenoxy) is 1. The van der Waals surface area contributed by atoms with E-state index in [4.69, 9.17) is 4.74 Å². The van der Waals surface area contributed by atoms with Crippen LogP contribution in [0, 0.1) is 6.92 Å². The normalized spacial score (nSPS) is 16.2. The Balaban J connectivity index is 1.65. The van der Waals surface area contributed by atoms with Crippen molar-refractivity contribution in [3.05, 3.63) is 103 Å². The molecule has 30 heavy (non-hydrogen) atoms. The number of H-pyrrole nitrogens is 2. The second-order valence-electron chi connectivity index (χ2n) is 7.87. The van der Waals surface area contributed by atoms with Crippen molar-refractivity contribution in [1.82, 2.24) is 9.97 Å². The first kappa shape index (κ1) is 20.0. The lowest BCUT2D eigenvalue weighted by atomic mass is 9.82. The summed E-state index contributed by atoms with van der Waals surface area (Å²) in [6, 6.07) is 16.1. The highest BCUT2D eigenvalue weighted by Crippen LogP contribution is 2.39. The van der Waals surface area contributed by atoms with Gasteiger partial charge in [0, 0.05) is 29.2 Å². The molecule has 1 heterocycles. The summed E-state index contributed by atoms with van der Waals surface area (Å²) >= 11 is 0. The number of rotatable bonds is 5. The summed E-state index contributed by atoms with van der Waals surface area (Å²) < 4.78 is 5.57. The molecule has 154 valence electrons. The second-order valence-corrected chi connectivity index (χ2v) is 7.87. The topological polar surface area (TPSA) is 75.0 Å². The summed E-state index contributed by atoms with van der Waals surface area (Å²) in [6.07, 6.45) is 5.22. The molecule has 0 fully saturated rings. The molecule has 3 aromatic rings. The average molecular weight is 402 g/mol. The SMILES string of the molecule is COc1cc(C)ccc1C1=CCC(c2[nH]c(=O)[nH]c(=O)c2Cc2ccccc2)CC1. The third-order valence-corrected chi connectivity index (χ3v) is 5.82. The minimum absolute atomic E-state index is 0.110. The molecule has 4 rings (SSSR count). The van der Waals surface area contributed by atoms with E-state index >= 15 is 0 Å². The van der Waals surface area contributed by atoms with Crippen molar-refractivity contribution in [3.63, 3.8) is 0 Å². The van der Waals surface area contributed by atoms with Gasteiger partial charge < -0.3 is 9.72 Å². The molecule has 1 aromatic heterocycles. The Morgan fingerprint density at radius 1 is 1.07 bits per heavy atom. The van der Waals surface area contributed by atoms with Crippen LogP contribution in [0.3, 0.4) is 0 Å². The highest BCUT2D eigenvalue weighted by molar-refractivity contribution is 5.71. The monoisotopic (exact) mass is 402 g/mol. The summed E-state index contributed by atoms with van der Waals surface area (Å²) in [5.41, 5.74) is 5.25. The highest BCUT2D eigenvalue weighted by Gasteiger charge is 2.23. The standard InChI is InChI=1S/C25H26N2O3/c1-16-8-13-20(22(14-16)30-2)18-9-11-19(12-10-18)23-21(24(28)27-25(29)26-23)15-17-6-4-3-5-7-17/h3-9,13-14,19H,10-12,15H2,1-2H3,(H2,26,27,28,29). The van der Waals surface area contributed by atoms with Crippen LogP contribution in [0.5, 0.6) is 5.75 Å². The third kappa shape index (κ3) is 4.15. The van der Waals surface area contributed by atoms with E-state index < -0.39 is 5.69 Å². The largest absolute Gasteiger partial charge is 0.496 e. The quantitative estimate of drug-likeness (QED) is 0.667. The van der Waals surface area contributed by atoms with E-state index in [-0.39, 0.29) is 11.5 Å². The van der Waals surface area contributed by atoms with Crippen LogP contribution >= 0.6 is 0 Å². The average Bonchev–Trinajstić information content (AvgIpc) is 2.76. The molecule has 5 nitrogen and oxygen atoms in total. The summed E-state index contributed by atoms with van der Waals surface area (Å²) in [5.74, 6) is 0.993. The minimum atomic E-state index is -0.443. The Bertz CT molecular complexity index is 1190. The van der Waals surface area contributed by atoms with E-state index in [0.29, 0.717) is 12.0 Å². The van der Waals surface area contributed by atoms with Crippen LogP contribution in [-0.4, -0.2) is 17.1 Å². The van der Waals surface area contributed by atoms with Crippen molar-refractivity contribution < 1.29 is 4.74 Å². The summed E-state index contributed by atoms with van der Waals surface area (Å²) in [5, 5.41) is 0. The molecule has 1 unspecified atom stereocenters. The van der Waals surface area contributed by atoms with Gasteiger partial charge in [-0.25, -0.2) is 4.79 Å². The summed E-state index contributed by atoms with van der Waals surface area (Å²) in [4.78, 5) is 29.9. The maximum absolute atomic E-state index is 12.6. The summed E-state index contributed by atoms with van der Waals surface area (Å²) in [6.45, 7) is 2.05. The Kier molecular flexibility index (Phi) is 5.70. The van der Waals surface area contributed by atoms with Gasteiger partial charge in [-0.15, -0.1) is 0 Å². The molecule has 1 aliphatic carbocycles. The van der Waals surface area contributed by atoms with Crippen LogP contribution in [0.2, 0.25) is 0 Å². The van der Waals surface area contributed by atoms with Crippen LogP contribution < -0.4 is 16.0 Å². The van der Waals surface area contributed by atoms with Crippen LogP contribution in [0.15, 0.2) is 64.2 Å². The third-order valence-electron chi connectivity index (χ3n) is 5.82. The van der Waals surface area contributed by atoms with Gasteiger partial charge in [0.15, 0.2) is 0 Å². The van der Waals surface area contributed by atoms with Gasteiger partial charge in [0.2, 0.25) is 0 Å². The van der Waals surface area contributed by atoms with E-state index in [1.807, 2.05) is 30.3 Å². The van der Waals surface area contributed by atoms with Crippen LogP contribution in [0.4, 0.5) is 0 Å². The molecule has 5 heteroatoms. The number of aromatic nitrogens is 2. The molecule has 0 bridgehead atoms. The van der Waals surface area contributed by atoms with Crippen LogP contribution in [-0.2, 0) is 6.42 Å². The molecular weight excluding hydrogens is 376 g/mol. The van der Waals surface area contributed by atoms with Gasteiger partial charge in [0.25, 0.3) is 5.56 Å². The predicted molar refractivity (Wildman–Crippen MR) is 119 cm³/mol. The Labute approximate surface area is 175 Å². The van der Waals surface area contributed by atoms with Crippen LogP contribution in [0.1, 0.15) is 53.1 Å². The Morgan fingerprint density at radius 3 is 2.57 bits per heavy atom. The number of allylic oxidation sites excluding steroid dienone is 2. The van der Waals surface area contributed by atoms with E-state index in [0.717, 1.165) is 47.4 Å². The van der Waals surface area contributed by atoms with Gasteiger partial charge in [-0.3, -0.25) is 9.78 Å². The van der Waals surface area contributed by atoms with Crippen molar-refractivity contribution in [2.75, 3.05) is 7.11 Å². The molecule has 0 spiro atoms. The predicted octanol–water partition coefficient (Wildman–Crippen LogP) is 4.32. The van der Waals surface area contributed by atoms with E-state index in [1.165, 1.54) is 5.57 Å². The number of methoxy groups -OCH3 is 1. The fourth-order valence-corrected chi connectivity index (χ4v) is 4.26. The summed E-state index contributed by atoms with van der Waals surface area (Å²) in [7, 11) is 1.70. The molecular formula is C25H26N2O3. The van der Waals surface area contributed by atoms with Gasteiger partial charge in [-0.05, 0) is 49.0 Å². The smallest absolute Gasteiger partial charge is 0.325 e. The number of aryl methyl sites for hydroxylation is 1. The molecule has 0 radical (unpaired) electrons. The lowest BCUT2D eigenvalue weighted by molar-refractivity contribution is 0.412. The van der Waals surface area contributed by atoms with Gasteiger partial charge >= 0.3 is 5.69 Å². The van der Waals surface area contributed by atoms with E-state index in [9.17, 15) is 9.59 Å². The highest BCUT2D eigenvalue weighted by atomic mass is 16.5. The zero-order valence-electron chi connectivity index (χ0n) is 17.3. The molecule has 0 saturated heterocycles. The maximum Gasteiger partial charge on any atom is 0.325 e. The van der Waals surface area contributed by atoms with Crippen molar-refractivity contribution in [2.24, 2.45) is 0 Å². The van der Waals surface area contributed by atoms with Crippen molar-refractivity contribution in [1.29, 1.82) is 0 Å². The molecule has 0 amide bonds. The fraction of sp³-hybridized carbons (Fsp3) is 0.280. The van der Waals surface area contributed by atoms with Crippen molar-refractivity contribution >= 4 is 5.57 Å². The zero-order valence-corrected chi connectivity index (χ0v) is 17.3. The number of hydrogen-bond acceptors (Lipinski definition) is 3. The Morgan fingerprint density at radius 2 is 1.87 bits per heavy atom. The lowest BCUT2D eigenvalue weighted by Crippen LogP contribution is -2.30. The first-order valence-corrected chi connectivity index (χ1v) is 10.3. The number of hydrogen-bond donors (Lipinski definition) is 2. The van der Waals surface area contributed by atoms with Gasteiger partial charge in [0.05, 0.1) is 7.11 Å². The van der Waals surface area contributed by atoms with Crippen LogP contribution in [0.25, 0.3) is 5.57 Å². The molecule has 0 saturated carbocycles. The zero-order chi connectivity index (χ0) is 21.1. The molecule has 1 atom stereocenters.